The maximum absolute atomic E-state index is 8.52. The fourth-order valence-corrected chi connectivity index (χ4v) is 0. The van der Waals surface area contributed by atoms with Gasteiger partial charge < -0.3 is 30.6 Å². The molecule has 11 heavy (non-hydrogen) atoms. The van der Waals surface area contributed by atoms with Gasteiger partial charge in [0, 0.05) is 10.4 Å². The number of hydrogen-bond donors (Lipinski definition) is 1. The van der Waals surface area contributed by atoms with E-state index in [0.717, 1.165) is 0 Å². The van der Waals surface area contributed by atoms with Crippen LogP contribution in [0.25, 0.3) is 0 Å². The molecule has 0 aromatic carbocycles. The molecule has 0 saturated carbocycles. The summed E-state index contributed by atoms with van der Waals surface area (Å²) in [6.07, 6.45) is 0. The first kappa shape index (κ1) is 22.4. The third kappa shape index (κ3) is 4710. The first-order valence-corrected chi connectivity index (χ1v) is 2.55. The van der Waals surface area contributed by atoms with E-state index in [0.29, 0.717) is 0 Å². The molecule has 0 bridgehead atoms. The van der Waals surface area contributed by atoms with Gasteiger partial charge in [-0.15, -0.1) is 0 Å². The van der Waals surface area contributed by atoms with Gasteiger partial charge in [-0.05, 0) is 0 Å². The topological polar surface area (TPSA) is 183 Å². The van der Waals surface area contributed by atoms with Crippen molar-refractivity contribution in [2.45, 2.75) is 0 Å². The molecule has 0 aliphatic carbocycles. The average Bonchev–Trinajstić information content (AvgIpc) is 1.19. The monoisotopic (exact) mass is 240 g/mol. The van der Waals surface area contributed by atoms with Gasteiger partial charge in [0.25, 0.3) is 0 Å². The minimum atomic E-state index is -5.17. The zero-order chi connectivity index (χ0) is 8.08. The molecule has 0 amide bonds. The van der Waals surface area contributed by atoms with E-state index in [4.69, 9.17) is 32.8 Å². The molecule has 0 heterocycles. The van der Waals surface area contributed by atoms with Gasteiger partial charge in [-0.1, -0.05) is 0 Å². The summed E-state index contributed by atoms with van der Waals surface area (Å²) in [5.74, 6) is 0. The largest absolute Gasteiger partial charge is 2.00 e. The van der Waals surface area contributed by atoms with Crippen LogP contribution >= 0.6 is 0 Å². The second-order valence-corrected chi connectivity index (χ2v) is 1.45. The fraction of sp³-hybridized carbons (Fsp3) is 0. The second-order valence-electron chi connectivity index (χ2n) is 0.632. The Morgan fingerprint density at radius 1 is 1.09 bits per heavy atom. The van der Waals surface area contributed by atoms with Crippen LogP contribution in [0, 0.1) is 15.3 Å². The van der Waals surface area contributed by atoms with Crippen LogP contribution in [0.5, 0.6) is 0 Å². The van der Waals surface area contributed by atoms with Crippen molar-refractivity contribution in [1.82, 2.24) is 6.15 Å². The van der Waals surface area contributed by atoms with Gasteiger partial charge in [0.2, 0.25) is 0 Å². The van der Waals surface area contributed by atoms with Crippen molar-refractivity contribution < 1.29 is 42.1 Å². The molecule has 4 N–H and O–H groups in total. The summed E-state index contributed by atoms with van der Waals surface area (Å²) in [5.41, 5.74) is 0. The van der Waals surface area contributed by atoms with E-state index >= 15 is 0 Å². The minimum absolute atomic E-state index is 0. The van der Waals surface area contributed by atoms with Gasteiger partial charge in [-0.2, -0.15) is 0 Å². The van der Waals surface area contributed by atoms with E-state index in [2.05, 4.69) is 0 Å². The quantitative estimate of drug-likeness (QED) is 0.181. The SMILES string of the molecule is O=S(=O)([O-])[O-].O=[N+]([O-])[O-].[NH4+].[Zn+2]. The predicted octanol–water partition coefficient (Wildman–Crippen LogP) is -1.20. The first-order valence-electron chi connectivity index (χ1n) is 1.21. The predicted molar refractivity (Wildman–Crippen MR) is 26.8 cm³/mol. The molecule has 9 nitrogen and oxygen atoms in total. The number of quaternary nitrogens is 1. The van der Waals surface area contributed by atoms with Crippen molar-refractivity contribution in [3.8, 4) is 0 Å². The first-order chi connectivity index (χ1) is 3.73. The maximum atomic E-state index is 8.52. The molecule has 0 aromatic heterocycles. The standard InChI is InChI=1S/NO3.H3N.H2O4S.Zn/c2-1(3)4;;1-5(2,3)4;/h;1H3;(H2,1,2,3,4);/q-1;;;+2/p-1. The molecular formula is H4N2O7SZn. The molecule has 0 aliphatic heterocycles. The van der Waals surface area contributed by atoms with Crippen LogP contribution in [0.3, 0.4) is 0 Å². The average molecular weight is 241 g/mol. The van der Waals surface area contributed by atoms with E-state index in [1.165, 1.54) is 0 Å². The van der Waals surface area contributed by atoms with E-state index in [9.17, 15) is 0 Å². The summed E-state index contributed by atoms with van der Waals surface area (Å²) >= 11 is 0. The van der Waals surface area contributed by atoms with Gasteiger partial charge in [0.05, 0.1) is 5.09 Å². The smallest absolute Gasteiger partial charge is 0.759 e. The molecular weight excluding hydrogens is 237 g/mol. The van der Waals surface area contributed by atoms with E-state index in [1.807, 2.05) is 0 Å². The molecule has 64 valence electrons. The van der Waals surface area contributed by atoms with Gasteiger partial charge in [0.15, 0.2) is 0 Å². The van der Waals surface area contributed by atoms with Crippen LogP contribution in [-0.2, 0) is 29.9 Å². The van der Waals surface area contributed by atoms with E-state index in [-0.39, 0.29) is 25.6 Å². The molecule has 0 aliphatic rings. The Labute approximate surface area is 74.4 Å². The molecule has 11 heteroatoms. The molecule has 0 spiro atoms. The third-order valence-electron chi connectivity index (χ3n) is 0. The van der Waals surface area contributed by atoms with Crippen LogP contribution in [-0.4, -0.2) is 22.6 Å². The summed E-state index contributed by atoms with van der Waals surface area (Å²) in [6, 6.07) is 0. The van der Waals surface area contributed by atoms with Crippen LogP contribution in [0.15, 0.2) is 0 Å². The minimum Gasteiger partial charge on any atom is -0.759 e. The Balaban J connectivity index is -0.0000000383. The molecule has 0 unspecified atom stereocenters. The van der Waals surface area contributed by atoms with Crippen molar-refractivity contribution in [1.29, 1.82) is 0 Å². The maximum Gasteiger partial charge on any atom is 2.00 e. The Hall–Kier alpha value is -0.347. The number of rotatable bonds is 0. The fourth-order valence-electron chi connectivity index (χ4n) is 0. The van der Waals surface area contributed by atoms with Crippen LogP contribution < -0.4 is 6.15 Å². The third-order valence-corrected chi connectivity index (χ3v) is 0. The van der Waals surface area contributed by atoms with E-state index < -0.39 is 15.5 Å². The molecule has 0 rings (SSSR count). The van der Waals surface area contributed by atoms with E-state index in [1.54, 1.807) is 0 Å². The molecule has 0 atom stereocenters. The Kier molecular flexibility index (Phi) is 19.7. The number of hydrogen-bond acceptors (Lipinski definition) is 7. The summed E-state index contributed by atoms with van der Waals surface area (Å²) in [4.78, 5) is 8.25. The van der Waals surface area contributed by atoms with Crippen LogP contribution in [0.1, 0.15) is 0 Å². The van der Waals surface area contributed by atoms with Gasteiger partial charge in [-0.25, -0.2) is 0 Å². The summed E-state index contributed by atoms with van der Waals surface area (Å²) < 4.78 is 34.1. The zero-order valence-corrected chi connectivity index (χ0v) is 9.20. The van der Waals surface area contributed by atoms with Gasteiger partial charge >= 0.3 is 19.5 Å². The summed E-state index contributed by atoms with van der Waals surface area (Å²) in [6.45, 7) is 0. The van der Waals surface area contributed by atoms with Crippen molar-refractivity contribution in [2.24, 2.45) is 0 Å². The number of nitrogens with zero attached hydrogens (tertiary/aromatic N) is 1. The zero-order valence-electron chi connectivity index (χ0n) is 5.42. The molecule has 0 saturated heterocycles. The Morgan fingerprint density at radius 3 is 1.09 bits per heavy atom. The van der Waals surface area contributed by atoms with Crippen LogP contribution in [0.2, 0.25) is 0 Å². The molecule has 0 fully saturated rings. The van der Waals surface area contributed by atoms with Crippen LogP contribution in [0.4, 0.5) is 0 Å². The molecule has 0 radical (unpaired) electrons. The summed E-state index contributed by atoms with van der Waals surface area (Å²) in [5, 5.41) is 14.8. The van der Waals surface area contributed by atoms with Crippen molar-refractivity contribution >= 4 is 10.4 Å². The second kappa shape index (κ2) is 9.65. The van der Waals surface area contributed by atoms with Crippen molar-refractivity contribution in [3.63, 3.8) is 0 Å². The van der Waals surface area contributed by atoms with Gasteiger partial charge in [0.1, 0.15) is 0 Å². The summed E-state index contributed by atoms with van der Waals surface area (Å²) in [7, 11) is -5.17. The van der Waals surface area contributed by atoms with Crippen molar-refractivity contribution in [2.75, 3.05) is 0 Å². The Morgan fingerprint density at radius 2 is 1.09 bits per heavy atom. The normalized spacial score (nSPS) is 7.45. The van der Waals surface area contributed by atoms with Crippen molar-refractivity contribution in [3.05, 3.63) is 15.3 Å². The van der Waals surface area contributed by atoms with Gasteiger partial charge in [-0.3, -0.25) is 8.42 Å². The molecule has 0 aromatic rings. The Bertz CT molecular complexity index is 159.